The molecule has 0 aromatic heterocycles. The van der Waals surface area contributed by atoms with Gasteiger partial charge in [0.15, 0.2) is 0 Å². The van der Waals surface area contributed by atoms with Crippen molar-refractivity contribution in [1.29, 1.82) is 0 Å². The molecule has 3 atom stereocenters. The highest BCUT2D eigenvalue weighted by Gasteiger charge is 2.30. The topological polar surface area (TPSA) is 43.1 Å². The van der Waals surface area contributed by atoms with Gasteiger partial charge in [0.05, 0.1) is 25.3 Å². The van der Waals surface area contributed by atoms with E-state index >= 15 is 0 Å². The van der Waals surface area contributed by atoms with Gasteiger partial charge in [-0.3, -0.25) is 0 Å². The van der Waals surface area contributed by atoms with Gasteiger partial charge < -0.3 is 19.5 Å². The molecule has 0 unspecified atom stereocenters. The summed E-state index contributed by atoms with van der Waals surface area (Å²) < 4.78 is 11.3. The summed E-state index contributed by atoms with van der Waals surface area (Å²) in [4.78, 5) is 1.52. The molecule has 4 heteroatoms. The van der Waals surface area contributed by atoms with E-state index in [0.29, 0.717) is 31.9 Å². The number of hydrogen-bond donors (Lipinski definition) is 2. The molecule has 4 nitrogen and oxygen atoms in total. The van der Waals surface area contributed by atoms with Crippen LogP contribution in [0.2, 0.25) is 0 Å². The number of aliphatic hydroxyl groups excluding tert-OH is 1. The van der Waals surface area contributed by atoms with Crippen molar-refractivity contribution in [3.8, 4) is 5.75 Å². The number of piperidine rings is 1. The highest BCUT2D eigenvalue weighted by molar-refractivity contribution is 5.33. The summed E-state index contributed by atoms with van der Waals surface area (Å²) in [5.41, 5.74) is 2.50. The lowest BCUT2D eigenvalue weighted by atomic mass is 9.97. The minimum absolute atomic E-state index is 0.388. The summed E-state index contributed by atoms with van der Waals surface area (Å²) in [5.74, 6) is 0.877. The van der Waals surface area contributed by atoms with E-state index in [9.17, 15) is 5.11 Å². The van der Waals surface area contributed by atoms with Crippen molar-refractivity contribution in [3.63, 3.8) is 0 Å². The molecule has 0 saturated carbocycles. The third-order valence-electron chi connectivity index (χ3n) is 5.30. The summed E-state index contributed by atoms with van der Waals surface area (Å²) in [6.07, 6.45) is 3.44. The Morgan fingerprint density at radius 2 is 1.83 bits per heavy atom. The van der Waals surface area contributed by atoms with E-state index in [1.807, 2.05) is 12.1 Å². The Morgan fingerprint density at radius 3 is 2.50 bits per heavy atom. The fourth-order valence-electron chi connectivity index (χ4n) is 3.56. The van der Waals surface area contributed by atoms with Gasteiger partial charge >= 0.3 is 0 Å². The molecule has 1 aliphatic rings. The molecule has 0 spiro atoms. The lowest BCUT2D eigenvalue weighted by molar-refractivity contribution is -0.954. The summed E-state index contributed by atoms with van der Waals surface area (Å²) in [6, 6.07) is 7.37. The number of ether oxygens (including phenoxy) is 2. The lowest BCUT2D eigenvalue weighted by Gasteiger charge is -2.36. The van der Waals surface area contributed by atoms with Gasteiger partial charge in [0.1, 0.15) is 25.0 Å². The minimum Gasteiger partial charge on any atom is -0.491 e. The molecule has 1 saturated heterocycles. The molecule has 1 aromatic rings. The van der Waals surface area contributed by atoms with Crippen LogP contribution >= 0.6 is 0 Å². The molecule has 1 aromatic carbocycles. The fourth-order valence-corrected chi connectivity index (χ4v) is 3.56. The van der Waals surface area contributed by atoms with Crippen molar-refractivity contribution in [2.75, 3.05) is 26.4 Å². The van der Waals surface area contributed by atoms with E-state index < -0.39 is 6.10 Å². The van der Waals surface area contributed by atoms with Crippen LogP contribution in [0.5, 0.6) is 5.75 Å². The second-order valence-electron chi connectivity index (χ2n) is 7.34. The fraction of sp³-hybridized carbons (Fsp3) is 0.700. The number of aryl methyl sites for hydroxylation is 2. The van der Waals surface area contributed by atoms with Gasteiger partial charge in [-0.25, -0.2) is 0 Å². The molecule has 0 aliphatic carbocycles. The maximum Gasteiger partial charge on any atom is 0.126 e. The average Bonchev–Trinajstić information content (AvgIpc) is 2.54. The first-order valence-corrected chi connectivity index (χ1v) is 9.28. The second kappa shape index (κ2) is 9.40. The number of nitrogens with one attached hydrogen (secondary N) is 1. The molecule has 1 heterocycles. The van der Waals surface area contributed by atoms with Gasteiger partial charge in [0, 0.05) is 0 Å². The molecule has 0 bridgehead atoms. The van der Waals surface area contributed by atoms with Gasteiger partial charge in [-0.1, -0.05) is 6.07 Å². The molecule has 0 amide bonds. The van der Waals surface area contributed by atoms with Crippen molar-refractivity contribution < 1.29 is 19.5 Å². The van der Waals surface area contributed by atoms with Crippen LogP contribution in [0.15, 0.2) is 18.2 Å². The Morgan fingerprint density at radius 1 is 1.12 bits per heavy atom. The number of benzene rings is 1. The number of quaternary nitrogens is 1. The van der Waals surface area contributed by atoms with Crippen LogP contribution in [0.1, 0.15) is 44.2 Å². The molecule has 24 heavy (non-hydrogen) atoms. The number of aliphatic hydroxyl groups is 1. The maximum atomic E-state index is 10.2. The van der Waals surface area contributed by atoms with Gasteiger partial charge in [-0.15, -0.1) is 0 Å². The predicted octanol–water partition coefficient (Wildman–Crippen LogP) is 1.91. The Kier molecular flexibility index (Phi) is 7.53. The van der Waals surface area contributed by atoms with E-state index in [0.717, 1.165) is 12.3 Å². The second-order valence-corrected chi connectivity index (χ2v) is 7.34. The summed E-state index contributed by atoms with van der Waals surface area (Å²) in [7, 11) is 0. The Bertz CT molecular complexity index is 496. The Labute approximate surface area is 146 Å². The summed E-state index contributed by atoms with van der Waals surface area (Å²) in [5, 5.41) is 10.2. The average molecular weight is 336 g/mol. The highest BCUT2D eigenvalue weighted by atomic mass is 16.5. The summed E-state index contributed by atoms with van der Waals surface area (Å²) in [6.45, 7) is 10.9. The van der Waals surface area contributed by atoms with E-state index in [1.165, 1.54) is 35.3 Å². The summed E-state index contributed by atoms with van der Waals surface area (Å²) >= 11 is 0. The van der Waals surface area contributed by atoms with Gasteiger partial charge in [0.2, 0.25) is 0 Å². The minimum atomic E-state index is -0.399. The zero-order chi connectivity index (χ0) is 17.5. The molecule has 0 radical (unpaired) electrons. The first-order valence-electron chi connectivity index (χ1n) is 9.28. The lowest BCUT2D eigenvalue weighted by Crippen LogP contribution is -3.20. The normalized spacial score (nSPS) is 23.2. The largest absolute Gasteiger partial charge is 0.491 e. The predicted molar refractivity (Wildman–Crippen MR) is 96.8 cm³/mol. The molecule has 136 valence electrons. The zero-order valence-electron chi connectivity index (χ0n) is 15.7. The Hall–Kier alpha value is -1.10. The maximum absolute atomic E-state index is 10.2. The van der Waals surface area contributed by atoms with Crippen LogP contribution in [0.3, 0.4) is 0 Å². The van der Waals surface area contributed by atoms with Crippen LogP contribution < -0.4 is 9.64 Å². The van der Waals surface area contributed by atoms with E-state index in [-0.39, 0.29) is 0 Å². The third kappa shape index (κ3) is 5.76. The van der Waals surface area contributed by atoms with Crippen molar-refractivity contribution in [3.05, 3.63) is 29.3 Å². The van der Waals surface area contributed by atoms with Crippen molar-refractivity contribution in [2.45, 2.75) is 65.1 Å². The number of likely N-dealkylation sites (tertiary alicyclic amines) is 1. The van der Waals surface area contributed by atoms with E-state index in [2.05, 4.69) is 33.8 Å². The highest BCUT2D eigenvalue weighted by Crippen LogP contribution is 2.16. The monoisotopic (exact) mass is 336 g/mol. The standard InChI is InChI=1S/C20H33NO3/c1-15-8-9-20(12-16(15)2)24-11-10-23-14-19(22)13-21-17(3)6-5-7-18(21)4/h8-9,12,17-19,22H,5-7,10-11,13-14H2,1-4H3/p+1/t17-,18-,19-/m1/s1. The molecular formula is C20H34NO3+. The quantitative estimate of drug-likeness (QED) is 0.713. The van der Waals surface area contributed by atoms with Gasteiger partial charge in [-0.2, -0.15) is 0 Å². The SMILES string of the molecule is Cc1ccc(OCCOC[C@H](O)C[NH+]2[C@H](C)CCC[C@H]2C)cc1C. The van der Waals surface area contributed by atoms with Gasteiger partial charge in [-0.05, 0) is 70.2 Å². The molecule has 2 rings (SSSR count). The number of rotatable bonds is 8. The zero-order valence-corrected chi connectivity index (χ0v) is 15.7. The first kappa shape index (κ1) is 19.2. The molecule has 1 aliphatic heterocycles. The van der Waals surface area contributed by atoms with Crippen LogP contribution in [0.4, 0.5) is 0 Å². The number of hydrogen-bond acceptors (Lipinski definition) is 3. The smallest absolute Gasteiger partial charge is 0.126 e. The van der Waals surface area contributed by atoms with Crippen molar-refractivity contribution >= 4 is 0 Å². The first-order chi connectivity index (χ1) is 11.5. The van der Waals surface area contributed by atoms with Crippen LogP contribution in [-0.2, 0) is 4.74 Å². The van der Waals surface area contributed by atoms with Crippen LogP contribution in [0, 0.1) is 13.8 Å². The van der Waals surface area contributed by atoms with Crippen molar-refractivity contribution in [2.24, 2.45) is 0 Å². The van der Waals surface area contributed by atoms with E-state index in [1.54, 1.807) is 0 Å². The third-order valence-corrected chi connectivity index (χ3v) is 5.30. The molecular weight excluding hydrogens is 302 g/mol. The molecule has 2 N–H and O–H groups in total. The van der Waals surface area contributed by atoms with Crippen LogP contribution in [0.25, 0.3) is 0 Å². The Balaban J connectivity index is 1.62. The van der Waals surface area contributed by atoms with Crippen molar-refractivity contribution in [1.82, 2.24) is 0 Å². The molecule has 1 fully saturated rings. The van der Waals surface area contributed by atoms with E-state index in [4.69, 9.17) is 9.47 Å². The van der Waals surface area contributed by atoms with Gasteiger partial charge in [0.25, 0.3) is 0 Å². The van der Waals surface area contributed by atoms with Crippen LogP contribution in [-0.4, -0.2) is 49.7 Å².